The molecule has 1 rings (SSSR count). The number of hydrogen-bond donors (Lipinski definition) is 0. The van der Waals surface area contributed by atoms with Gasteiger partial charge in [0.15, 0.2) is 23.3 Å². The van der Waals surface area contributed by atoms with Gasteiger partial charge in [-0.25, -0.2) is 22.0 Å². The molecule has 0 fully saturated rings. The molecule has 282 valence electrons. The molecule has 0 aromatic heterocycles. The highest BCUT2D eigenvalue weighted by Gasteiger charge is 2.28. The molecular weight excluding hydrogens is 613 g/mol. The van der Waals surface area contributed by atoms with Gasteiger partial charge in [-0.1, -0.05) is 206 Å². The van der Waals surface area contributed by atoms with Crippen molar-refractivity contribution in [3.63, 3.8) is 0 Å². The number of rotatable bonds is 35. The van der Waals surface area contributed by atoms with Gasteiger partial charge in [-0.05, 0) is 12.8 Å². The zero-order chi connectivity index (χ0) is 35.1. The molecule has 0 aliphatic rings. The van der Waals surface area contributed by atoms with E-state index in [4.69, 9.17) is 0 Å². The Kier molecular flexibility index (Phi) is 29.5. The van der Waals surface area contributed by atoms with Crippen LogP contribution in [0.3, 0.4) is 0 Å². The van der Waals surface area contributed by atoms with Crippen LogP contribution in [0.15, 0.2) is 0 Å². The normalized spacial score (nSPS) is 11.6. The van der Waals surface area contributed by atoms with Crippen LogP contribution in [0.1, 0.15) is 219 Å². The van der Waals surface area contributed by atoms with E-state index in [1.165, 1.54) is 159 Å². The summed E-state index contributed by atoms with van der Waals surface area (Å²) in [5.41, 5.74) is -0.756. The van der Waals surface area contributed by atoms with E-state index < -0.39 is 34.8 Å². The Hall–Kier alpha value is -1.33. The van der Waals surface area contributed by atoms with E-state index in [1.54, 1.807) is 0 Å². The summed E-state index contributed by atoms with van der Waals surface area (Å²) in [6, 6.07) is 0. The summed E-state index contributed by atoms with van der Waals surface area (Å²) in [5.74, 6) is -9.21. The maximum atomic E-state index is 14.7. The molecule has 0 saturated heterocycles. The van der Waals surface area contributed by atoms with Crippen LogP contribution in [-0.2, 0) is 0 Å². The first-order chi connectivity index (χ1) is 23.5. The van der Waals surface area contributed by atoms with Crippen molar-refractivity contribution in [2.75, 3.05) is 18.0 Å². The van der Waals surface area contributed by atoms with Crippen LogP contribution in [0.25, 0.3) is 0 Å². The zero-order valence-corrected chi connectivity index (χ0v) is 31.4. The zero-order valence-electron chi connectivity index (χ0n) is 31.4. The first-order valence-electron chi connectivity index (χ1n) is 20.7. The third kappa shape index (κ3) is 21.7. The molecule has 0 aliphatic carbocycles. The summed E-state index contributed by atoms with van der Waals surface area (Å²) in [7, 11) is 0. The van der Waals surface area contributed by atoms with Gasteiger partial charge in [0, 0.05) is 13.1 Å². The Bertz CT molecular complexity index is 811. The Morgan fingerprint density at radius 2 is 0.458 bits per heavy atom. The van der Waals surface area contributed by atoms with Crippen molar-refractivity contribution >= 4 is 5.69 Å². The lowest BCUT2D eigenvalue weighted by atomic mass is 10.0. The molecule has 0 radical (unpaired) electrons. The van der Waals surface area contributed by atoms with Gasteiger partial charge in [-0.3, -0.25) is 0 Å². The van der Waals surface area contributed by atoms with Gasteiger partial charge in [0.2, 0.25) is 5.82 Å². The van der Waals surface area contributed by atoms with Gasteiger partial charge >= 0.3 is 0 Å². The second-order valence-corrected chi connectivity index (χ2v) is 14.5. The largest absolute Gasteiger partial charge is 0.367 e. The lowest BCUT2D eigenvalue weighted by Crippen LogP contribution is -2.29. The lowest BCUT2D eigenvalue weighted by molar-refractivity contribution is 0.377. The van der Waals surface area contributed by atoms with Crippen molar-refractivity contribution in [3.05, 3.63) is 29.1 Å². The lowest BCUT2D eigenvalue weighted by Gasteiger charge is -2.26. The molecular formula is C42H74F5N. The maximum Gasteiger partial charge on any atom is 0.200 e. The minimum Gasteiger partial charge on any atom is -0.367 e. The van der Waals surface area contributed by atoms with Gasteiger partial charge < -0.3 is 4.90 Å². The monoisotopic (exact) mass is 688 g/mol. The first kappa shape index (κ1) is 44.7. The van der Waals surface area contributed by atoms with Gasteiger partial charge in [0.05, 0.1) is 0 Å². The van der Waals surface area contributed by atoms with Crippen molar-refractivity contribution in [2.45, 2.75) is 219 Å². The topological polar surface area (TPSA) is 3.24 Å². The van der Waals surface area contributed by atoms with Crippen molar-refractivity contribution in [2.24, 2.45) is 0 Å². The fourth-order valence-corrected chi connectivity index (χ4v) is 6.91. The Morgan fingerprint density at radius 1 is 0.271 bits per heavy atom. The molecule has 0 aliphatic heterocycles. The predicted molar refractivity (Wildman–Crippen MR) is 198 cm³/mol. The molecule has 0 N–H and O–H groups in total. The van der Waals surface area contributed by atoms with Gasteiger partial charge in [0.25, 0.3) is 0 Å². The average Bonchev–Trinajstić information content (AvgIpc) is 3.09. The van der Waals surface area contributed by atoms with Crippen LogP contribution in [-0.4, -0.2) is 13.1 Å². The molecule has 0 unspecified atom stereocenters. The molecule has 0 bridgehead atoms. The second kappa shape index (κ2) is 31.6. The minimum atomic E-state index is -2.08. The van der Waals surface area contributed by atoms with E-state index in [9.17, 15) is 22.0 Å². The van der Waals surface area contributed by atoms with Gasteiger partial charge in [0.1, 0.15) is 5.69 Å². The quantitative estimate of drug-likeness (QED) is 0.0297. The number of anilines is 1. The Labute approximate surface area is 293 Å². The maximum absolute atomic E-state index is 14.7. The average molecular weight is 688 g/mol. The number of halogens is 5. The van der Waals surface area contributed by atoms with Gasteiger partial charge in [-0.15, -0.1) is 0 Å². The highest BCUT2D eigenvalue weighted by molar-refractivity contribution is 5.50. The number of nitrogens with zero attached hydrogens (tertiary/aromatic N) is 1. The molecule has 6 heteroatoms. The van der Waals surface area contributed by atoms with Crippen LogP contribution in [0.2, 0.25) is 0 Å². The smallest absolute Gasteiger partial charge is 0.200 e. The third-order valence-electron chi connectivity index (χ3n) is 10.1. The Morgan fingerprint density at radius 3 is 0.688 bits per heavy atom. The van der Waals surface area contributed by atoms with Crippen molar-refractivity contribution < 1.29 is 22.0 Å². The van der Waals surface area contributed by atoms with Crippen molar-refractivity contribution in [1.29, 1.82) is 0 Å². The Balaban J connectivity index is 2.26. The van der Waals surface area contributed by atoms with Crippen LogP contribution in [0.5, 0.6) is 0 Å². The number of hydrogen-bond acceptors (Lipinski definition) is 1. The standard InChI is InChI=1S/C42H74F5N/c1-3-5-7-9-11-13-15-17-19-21-23-25-27-29-31-33-35-48(42-40(46)38(44)37(43)39(45)41(42)47)36-34-32-30-28-26-24-22-20-18-16-14-12-10-8-6-4-2/h3-36H2,1-2H3. The van der Waals surface area contributed by atoms with E-state index in [0.717, 1.165) is 38.5 Å². The fourth-order valence-electron chi connectivity index (χ4n) is 6.91. The van der Waals surface area contributed by atoms with E-state index >= 15 is 0 Å². The molecule has 48 heavy (non-hydrogen) atoms. The highest BCUT2D eigenvalue weighted by atomic mass is 19.2. The van der Waals surface area contributed by atoms with E-state index in [-0.39, 0.29) is 0 Å². The highest BCUT2D eigenvalue weighted by Crippen LogP contribution is 2.31. The van der Waals surface area contributed by atoms with Gasteiger partial charge in [-0.2, -0.15) is 0 Å². The predicted octanol–water partition coefficient (Wildman–Crippen LogP) is 15.7. The summed E-state index contributed by atoms with van der Waals surface area (Å²) in [4.78, 5) is 1.41. The SMILES string of the molecule is CCCCCCCCCCCCCCCCCCN(CCCCCCCCCCCCCCCCCC)c1c(F)c(F)c(F)c(F)c1F. The summed E-state index contributed by atoms with van der Waals surface area (Å²) in [6.45, 7) is 5.11. The number of unbranched alkanes of at least 4 members (excludes halogenated alkanes) is 30. The number of benzene rings is 1. The van der Waals surface area contributed by atoms with Crippen LogP contribution in [0, 0.1) is 29.1 Å². The molecule has 1 nitrogen and oxygen atoms in total. The second-order valence-electron chi connectivity index (χ2n) is 14.5. The summed E-state index contributed by atoms with van der Waals surface area (Å²) < 4.78 is 71.2. The molecule has 0 atom stereocenters. The summed E-state index contributed by atoms with van der Waals surface area (Å²) >= 11 is 0. The molecule has 0 saturated carbocycles. The minimum absolute atomic E-state index is 0.301. The molecule has 1 aromatic rings. The van der Waals surface area contributed by atoms with E-state index in [2.05, 4.69) is 13.8 Å². The first-order valence-corrected chi connectivity index (χ1v) is 20.7. The van der Waals surface area contributed by atoms with Crippen LogP contribution >= 0.6 is 0 Å². The van der Waals surface area contributed by atoms with E-state index in [1.807, 2.05) is 0 Å². The van der Waals surface area contributed by atoms with E-state index in [0.29, 0.717) is 25.9 Å². The molecule has 0 spiro atoms. The molecule has 0 amide bonds. The van der Waals surface area contributed by atoms with Crippen LogP contribution < -0.4 is 4.90 Å². The third-order valence-corrected chi connectivity index (χ3v) is 10.1. The molecule has 0 heterocycles. The van der Waals surface area contributed by atoms with Crippen molar-refractivity contribution in [3.8, 4) is 0 Å². The van der Waals surface area contributed by atoms with Crippen LogP contribution in [0.4, 0.5) is 27.6 Å². The molecule has 1 aromatic carbocycles. The summed E-state index contributed by atoms with van der Waals surface area (Å²) in [6.07, 6.45) is 39.2. The fraction of sp³-hybridized carbons (Fsp3) is 0.857. The van der Waals surface area contributed by atoms with Crippen molar-refractivity contribution in [1.82, 2.24) is 0 Å². The summed E-state index contributed by atoms with van der Waals surface area (Å²) in [5, 5.41) is 0.